The van der Waals surface area contributed by atoms with Gasteiger partial charge < -0.3 is 10.0 Å². The Morgan fingerprint density at radius 1 is 1.41 bits per heavy atom. The number of hydrogen-bond donors (Lipinski definition) is 1. The molecule has 98 valence electrons. The minimum Gasteiger partial charge on any atom is -0.480 e. The van der Waals surface area contributed by atoms with Gasteiger partial charge in [-0.3, -0.25) is 4.79 Å². The molecule has 0 aromatic rings. The van der Waals surface area contributed by atoms with Crippen LogP contribution in [-0.2, 0) is 9.59 Å². The fraction of sp³-hybridized carbons (Fsp3) is 0.833. The highest BCUT2D eigenvalue weighted by atomic mass is 32.2. The molecule has 1 aliphatic carbocycles. The third-order valence-corrected chi connectivity index (χ3v) is 3.69. The number of hydrogen-bond acceptors (Lipinski definition) is 3. The maximum atomic E-state index is 12.0. The Balaban J connectivity index is 2.41. The number of carboxylic acids is 1. The van der Waals surface area contributed by atoms with Crippen molar-refractivity contribution < 1.29 is 14.7 Å². The predicted octanol–water partition coefficient (Wildman–Crippen LogP) is 1.98. The Labute approximate surface area is 107 Å². The first-order valence-electron chi connectivity index (χ1n) is 6.10. The molecule has 0 bridgehead atoms. The third kappa shape index (κ3) is 4.58. The van der Waals surface area contributed by atoms with Crippen molar-refractivity contribution >= 4 is 23.6 Å². The van der Waals surface area contributed by atoms with Gasteiger partial charge >= 0.3 is 5.97 Å². The molecule has 1 aliphatic rings. The van der Waals surface area contributed by atoms with Crippen molar-refractivity contribution in [2.24, 2.45) is 0 Å². The molecule has 0 saturated heterocycles. The molecule has 0 radical (unpaired) electrons. The summed E-state index contributed by atoms with van der Waals surface area (Å²) in [6.45, 7) is 1.60. The summed E-state index contributed by atoms with van der Waals surface area (Å²) < 4.78 is 0. The van der Waals surface area contributed by atoms with E-state index in [0.717, 1.165) is 31.4 Å². The van der Waals surface area contributed by atoms with Crippen molar-refractivity contribution in [3.05, 3.63) is 0 Å². The molecular weight excluding hydrogens is 238 g/mol. The summed E-state index contributed by atoms with van der Waals surface area (Å²) in [7, 11) is 0. The van der Waals surface area contributed by atoms with Gasteiger partial charge in [-0.25, -0.2) is 4.79 Å². The quantitative estimate of drug-likeness (QED) is 0.677. The molecule has 1 atom stereocenters. The van der Waals surface area contributed by atoms with Gasteiger partial charge in [-0.2, -0.15) is 11.8 Å². The number of amides is 1. The van der Waals surface area contributed by atoms with E-state index in [1.165, 1.54) is 0 Å². The molecular formula is C12H21NO3S. The summed E-state index contributed by atoms with van der Waals surface area (Å²) in [6.07, 6.45) is 6.31. The largest absolute Gasteiger partial charge is 0.480 e. The fourth-order valence-corrected chi connectivity index (χ4v) is 2.35. The number of aliphatic carboxylic acids is 1. The van der Waals surface area contributed by atoms with Crippen LogP contribution in [0.2, 0.25) is 0 Å². The lowest BCUT2D eigenvalue weighted by molar-refractivity contribution is -0.150. The van der Waals surface area contributed by atoms with Gasteiger partial charge in [0.05, 0.1) is 0 Å². The lowest BCUT2D eigenvalue weighted by atomic mass is 10.2. The second-order valence-corrected chi connectivity index (χ2v) is 5.48. The topological polar surface area (TPSA) is 57.6 Å². The fourth-order valence-electron chi connectivity index (χ4n) is 1.86. The second kappa shape index (κ2) is 6.89. The molecule has 0 aliphatic heterocycles. The molecule has 1 saturated carbocycles. The molecule has 0 spiro atoms. The van der Waals surface area contributed by atoms with E-state index in [0.29, 0.717) is 6.42 Å². The van der Waals surface area contributed by atoms with Gasteiger partial charge in [0.15, 0.2) is 0 Å². The van der Waals surface area contributed by atoms with Crippen LogP contribution in [0.1, 0.15) is 39.0 Å². The molecule has 1 unspecified atom stereocenters. The van der Waals surface area contributed by atoms with Crippen LogP contribution in [0.3, 0.4) is 0 Å². The third-order valence-electron chi connectivity index (χ3n) is 2.99. The average Bonchev–Trinajstić information content (AvgIpc) is 3.09. The van der Waals surface area contributed by atoms with Gasteiger partial charge in [0.2, 0.25) is 5.91 Å². The van der Waals surface area contributed by atoms with E-state index in [1.807, 2.05) is 6.26 Å². The minimum absolute atomic E-state index is 0.00324. The van der Waals surface area contributed by atoms with Crippen LogP contribution in [0, 0.1) is 0 Å². The number of unbranched alkanes of at least 4 members (excludes halogenated alkanes) is 1. The predicted molar refractivity (Wildman–Crippen MR) is 69.2 cm³/mol. The molecule has 1 rings (SSSR count). The van der Waals surface area contributed by atoms with E-state index >= 15 is 0 Å². The number of thioether (sulfide) groups is 1. The molecule has 1 fully saturated rings. The van der Waals surface area contributed by atoms with E-state index in [4.69, 9.17) is 5.11 Å². The molecule has 0 aromatic heterocycles. The van der Waals surface area contributed by atoms with Crippen molar-refractivity contribution in [1.29, 1.82) is 0 Å². The maximum Gasteiger partial charge on any atom is 0.326 e. The Bertz CT molecular complexity index is 279. The monoisotopic (exact) mass is 259 g/mol. The van der Waals surface area contributed by atoms with E-state index in [1.54, 1.807) is 23.6 Å². The first-order valence-corrected chi connectivity index (χ1v) is 7.50. The van der Waals surface area contributed by atoms with Crippen molar-refractivity contribution in [2.75, 3.05) is 12.0 Å². The molecule has 1 N–H and O–H groups in total. The average molecular weight is 259 g/mol. The number of carbonyl (C=O) groups is 2. The zero-order chi connectivity index (χ0) is 12.8. The van der Waals surface area contributed by atoms with Crippen LogP contribution < -0.4 is 0 Å². The van der Waals surface area contributed by atoms with Crippen LogP contribution in [0.25, 0.3) is 0 Å². The van der Waals surface area contributed by atoms with Crippen molar-refractivity contribution in [3.8, 4) is 0 Å². The molecule has 5 heteroatoms. The van der Waals surface area contributed by atoms with E-state index in [-0.39, 0.29) is 11.9 Å². The zero-order valence-electron chi connectivity index (χ0n) is 10.5. The van der Waals surface area contributed by atoms with Crippen molar-refractivity contribution in [3.63, 3.8) is 0 Å². The van der Waals surface area contributed by atoms with Crippen molar-refractivity contribution in [1.82, 2.24) is 4.90 Å². The van der Waals surface area contributed by atoms with Gasteiger partial charge in [0.1, 0.15) is 6.04 Å². The summed E-state index contributed by atoms with van der Waals surface area (Å²) in [5.41, 5.74) is 0. The molecule has 4 nitrogen and oxygen atoms in total. The lowest BCUT2D eigenvalue weighted by Gasteiger charge is -2.26. The number of carbonyl (C=O) groups excluding carboxylic acids is 1. The Morgan fingerprint density at radius 3 is 2.53 bits per heavy atom. The van der Waals surface area contributed by atoms with Crippen LogP contribution in [0.4, 0.5) is 0 Å². The van der Waals surface area contributed by atoms with Crippen LogP contribution >= 0.6 is 11.8 Å². The first-order chi connectivity index (χ1) is 8.07. The molecule has 17 heavy (non-hydrogen) atoms. The van der Waals surface area contributed by atoms with Crippen LogP contribution in [0.5, 0.6) is 0 Å². The normalized spacial score (nSPS) is 16.6. The smallest absolute Gasteiger partial charge is 0.326 e. The second-order valence-electron chi connectivity index (χ2n) is 4.50. The highest BCUT2D eigenvalue weighted by Crippen LogP contribution is 2.29. The Kier molecular flexibility index (Phi) is 5.82. The van der Waals surface area contributed by atoms with Gasteiger partial charge in [0.25, 0.3) is 0 Å². The molecule has 0 heterocycles. The summed E-state index contributed by atoms with van der Waals surface area (Å²) in [4.78, 5) is 24.5. The highest BCUT2D eigenvalue weighted by molar-refractivity contribution is 7.98. The van der Waals surface area contributed by atoms with Crippen LogP contribution in [0.15, 0.2) is 0 Å². The Hall–Kier alpha value is -0.710. The summed E-state index contributed by atoms with van der Waals surface area (Å²) >= 11 is 1.77. The number of carboxylic acid groups (broad SMARTS) is 1. The first kappa shape index (κ1) is 14.4. The summed E-state index contributed by atoms with van der Waals surface area (Å²) in [5, 5.41) is 8.99. The molecule has 1 amide bonds. The minimum atomic E-state index is -0.908. The van der Waals surface area contributed by atoms with Crippen molar-refractivity contribution in [2.45, 2.75) is 51.1 Å². The lowest BCUT2D eigenvalue weighted by Crippen LogP contribution is -2.44. The van der Waals surface area contributed by atoms with E-state index in [2.05, 4.69) is 0 Å². The SMILES string of the molecule is CSCCCCC(=O)N(C1CC1)C(C)C(=O)O. The summed E-state index contributed by atoms with van der Waals surface area (Å²) in [5.74, 6) is 0.156. The zero-order valence-corrected chi connectivity index (χ0v) is 11.3. The maximum absolute atomic E-state index is 12.0. The number of rotatable bonds is 8. The standard InChI is InChI=1S/C12H21NO3S/c1-9(12(15)16)13(10-6-7-10)11(14)5-3-4-8-17-2/h9-10H,3-8H2,1-2H3,(H,15,16). The summed E-state index contributed by atoms with van der Waals surface area (Å²) in [6, 6.07) is -0.510. The Morgan fingerprint density at radius 2 is 2.06 bits per heavy atom. The van der Waals surface area contributed by atoms with Gasteiger partial charge in [-0.1, -0.05) is 0 Å². The van der Waals surface area contributed by atoms with Gasteiger partial charge in [-0.15, -0.1) is 0 Å². The van der Waals surface area contributed by atoms with E-state index < -0.39 is 12.0 Å². The van der Waals surface area contributed by atoms with Gasteiger partial charge in [0, 0.05) is 12.5 Å². The van der Waals surface area contributed by atoms with E-state index in [9.17, 15) is 9.59 Å². The van der Waals surface area contributed by atoms with Gasteiger partial charge in [-0.05, 0) is 44.6 Å². The number of nitrogens with zero attached hydrogens (tertiary/aromatic N) is 1. The van der Waals surface area contributed by atoms with Crippen LogP contribution in [-0.4, -0.2) is 46.0 Å². The molecule has 0 aromatic carbocycles. The highest BCUT2D eigenvalue weighted by Gasteiger charge is 2.37.